The molecular weight excluding hydrogens is 366 g/mol. The molecule has 4 aromatic rings. The van der Waals surface area contributed by atoms with Crippen molar-refractivity contribution >= 4 is 17.2 Å². The monoisotopic (exact) mass is 385 g/mol. The van der Waals surface area contributed by atoms with Gasteiger partial charge in [0.2, 0.25) is 0 Å². The number of likely N-dealkylation sites (tertiary alicyclic amines) is 1. The topological polar surface area (TPSA) is 89.7 Å². The summed E-state index contributed by atoms with van der Waals surface area (Å²) in [6.45, 7) is 1.39. The molecule has 0 unspecified atom stereocenters. The Morgan fingerprint density at radius 3 is 2.55 bits per heavy atom. The van der Waals surface area contributed by atoms with Gasteiger partial charge in [0.25, 0.3) is 5.91 Å². The molecule has 0 aromatic carbocycles. The first-order chi connectivity index (χ1) is 14.3. The summed E-state index contributed by atoms with van der Waals surface area (Å²) in [5.74, 6) is 0.0556. The van der Waals surface area contributed by atoms with Crippen LogP contribution in [0.2, 0.25) is 0 Å². The first-order valence-electron chi connectivity index (χ1n) is 9.59. The molecule has 29 heavy (non-hydrogen) atoms. The summed E-state index contributed by atoms with van der Waals surface area (Å²) in [5.41, 5.74) is 3.78. The van der Waals surface area contributed by atoms with Crippen LogP contribution in [-0.2, 0) is 0 Å². The molecule has 0 saturated carbocycles. The molecule has 0 aliphatic carbocycles. The number of carbonyl (C=O) groups is 1. The highest BCUT2D eigenvalue weighted by Crippen LogP contribution is 2.27. The van der Waals surface area contributed by atoms with Gasteiger partial charge in [0.05, 0.1) is 18.2 Å². The molecule has 8 heteroatoms. The van der Waals surface area contributed by atoms with Crippen molar-refractivity contribution in [2.45, 2.75) is 18.9 Å². The van der Waals surface area contributed by atoms with Gasteiger partial charge < -0.3 is 9.47 Å². The highest BCUT2D eigenvalue weighted by molar-refractivity contribution is 5.94. The van der Waals surface area contributed by atoms with Crippen molar-refractivity contribution in [2.24, 2.45) is 0 Å². The minimum absolute atomic E-state index is 0.0556. The predicted octanol–water partition coefficient (Wildman–Crippen LogP) is 2.76. The summed E-state index contributed by atoms with van der Waals surface area (Å²) in [7, 11) is 0. The molecule has 1 amide bonds. The van der Waals surface area contributed by atoms with Crippen molar-refractivity contribution in [1.82, 2.24) is 34.4 Å². The zero-order valence-corrected chi connectivity index (χ0v) is 15.7. The Kier molecular flexibility index (Phi) is 4.44. The van der Waals surface area contributed by atoms with E-state index >= 15 is 0 Å². The molecule has 5 rings (SSSR count). The molecule has 4 aromatic heterocycles. The fourth-order valence-electron chi connectivity index (χ4n) is 3.75. The van der Waals surface area contributed by atoms with Gasteiger partial charge in [0.1, 0.15) is 0 Å². The number of imidazole rings is 1. The Balaban J connectivity index is 1.36. The molecule has 0 radical (unpaired) electrons. The second kappa shape index (κ2) is 7.38. The smallest absolute Gasteiger partial charge is 0.253 e. The second-order valence-electron chi connectivity index (χ2n) is 7.06. The molecule has 0 bridgehead atoms. The van der Waals surface area contributed by atoms with Gasteiger partial charge in [-0.1, -0.05) is 0 Å². The van der Waals surface area contributed by atoms with Gasteiger partial charge in [-0.3, -0.25) is 14.8 Å². The van der Waals surface area contributed by atoms with E-state index in [4.69, 9.17) is 4.98 Å². The maximum absolute atomic E-state index is 12.7. The van der Waals surface area contributed by atoms with E-state index in [2.05, 4.69) is 24.5 Å². The third-order valence-corrected chi connectivity index (χ3v) is 5.31. The van der Waals surface area contributed by atoms with E-state index in [0.29, 0.717) is 24.3 Å². The minimum atomic E-state index is 0.0556. The summed E-state index contributed by atoms with van der Waals surface area (Å²) in [4.78, 5) is 36.4. The number of hydrogen-bond acceptors (Lipinski definition) is 6. The van der Waals surface area contributed by atoms with Crippen molar-refractivity contribution in [2.75, 3.05) is 13.1 Å². The van der Waals surface area contributed by atoms with Gasteiger partial charge in [0, 0.05) is 55.0 Å². The summed E-state index contributed by atoms with van der Waals surface area (Å²) < 4.78 is 2.09. The second-order valence-corrected chi connectivity index (χ2v) is 7.06. The van der Waals surface area contributed by atoms with E-state index in [1.54, 1.807) is 43.1 Å². The Morgan fingerprint density at radius 2 is 1.79 bits per heavy atom. The molecule has 0 spiro atoms. The summed E-state index contributed by atoms with van der Waals surface area (Å²) in [6, 6.07) is 7.60. The SMILES string of the molecule is O=C(c1ccncc1)N1CCC(n2cnc3ncc(-c4cccnc4)nc32)CC1. The third kappa shape index (κ3) is 3.33. The third-order valence-electron chi connectivity index (χ3n) is 5.31. The molecule has 1 fully saturated rings. The maximum Gasteiger partial charge on any atom is 0.253 e. The number of aromatic nitrogens is 6. The molecular formula is C21H19N7O. The molecule has 0 N–H and O–H groups in total. The largest absolute Gasteiger partial charge is 0.338 e. The standard InChI is InChI=1S/C21H19N7O/c29-21(15-3-8-22-9-4-15)27-10-5-17(6-11-27)28-14-25-19-20(28)26-18(13-24-19)16-2-1-7-23-12-16/h1-4,7-9,12-14,17H,5-6,10-11H2. The Labute approximate surface area is 167 Å². The number of pyridine rings is 2. The van der Waals surface area contributed by atoms with Gasteiger partial charge in [-0.2, -0.15) is 0 Å². The lowest BCUT2D eigenvalue weighted by Gasteiger charge is -2.32. The van der Waals surface area contributed by atoms with Crippen LogP contribution in [0, 0.1) is 0 Å². The molecule has 8 nitrogen and oxygen atoms in total. The van der Waals surface area contributed by atoms with Gasteiger partial charge in [-0.15, -0.1) is 0 Å². The number of piperidine rings is 1. The van der Waals surface area contributed by atoms with E-state index in [-0.39, 0.29) is 11.9 Å². The first kappa shape index (κ1) is 17.4. The molecule has 144 valence electrons. The van der Waals surface area contributed by atoms with Gasteiger partial charge >= 0.3 is 0 Å². The van der Waals surface area contributed by atoms with Gasteiger partial charge in [-0.05, 0) is 37.1 Å². The van der Waals surface area contributed by atoms with Crippen molar-refractivity contribution in [3.63, 3.8) is 0 Å². The number of amides is 1. The van der Waals surface area contributed by atoms with E-state index in [9.17, 15) is 4.79 Å². The van der Waals surface area contributed by atoms with E-state index < -0.39 is 0 Å². The van der Waals surface area contributed by atoms with Gasteiger partial charge in [0.15, 0.2) is 11.3 Å². The summed E-state index contributed by atoms with van der Waals surface area (Å²) >= 11 is 0. The van der Waals surface area contributed by atoms with Gasteiger partial charge in [-0.25, -0.2) is 15.0 Å². The van der Waals surface area contributed by atoms with Crippen LogP contribution in [0.3, 0.4) is 0 Å². The molecule has 0 atom stereocenters. The van der Waals surface area contributed by atoms with Crippen LogP contribution < -0.4 is 0 Å². The first-order valence-corrected chi connectivity index (χ1v) is 9.59. The Hall–Kier alpha value is -3.68. The lowest BCUT2D eigenvalue weighted by atomic mass is 10.0. The number of rotatable bonds is 3. The number of fused-ring (bicyclic) bond motifs is 1. The average molecular weight is 385 g/mol. The van der Waals surface area contributed by atoms with Crippen LogP contribution in [0.5, 0.6) is 0 Å². The zero-order valence-electron chi connectivity index (χ0n) is 15.7. The lowest BCUT2D eigenvalue weighted by Crippen LogP contribution is -2.39. The summed E-state index contributed by atoms with van der Waals surface area (Å²) in [5, 5.41) is 0. The summed E-state index contributed by atoms with van der Waals surface area (Å²) in [6.07, 6.45) is 12.0. The Bertz CT molecular complexity index is 1140. The fourth-order valence-corrected chi connectivity index (χ4v) is 3.75. The van der Waals surface area contributed by atoms with Crippen LogP contribution in [0.25, 0.3) is 22.6 Å². The molecule has 1 aliphatic rings. The molecule has 1 aliphatic heterocycles. The van der Waals surface area contributed by atoms with Crippen molar-refractivity contribution < 1.29 is 4.79 Å². The highest BCUT2D eigenvalue weighted by Gasteiger charge is 2.26. The van der Waals surface area contributed by atoms with Crippen molar-refractivity contribution in [1.29, 1.82) is 0 Å². The number of carbonyl (C=O) groups excluding carboxylic acids is 1. The zero-order chi connectivity index (χ0) is 19.6. The highest BCUT2D eigenvalue weighted by atomic mass is 16.2. The number of hydrogen-bond donors (Lipinski definition) is 0. The molecule has 1 saturated heterocycles. The van der Waals surface area contributed by atoms with Crippen LogP contribution in [0.15, 0.2) is 61.6 Å². The number of nitrogens with zero attached hydrogens (tertiary/aromatic N) is 7. The van der Waals surface area contributed by atoms with Crippen molar-refractivity contribution in [3.8, 4) is 11.3 Å². The van der Waals surface area contributed by atoms with Crippen LogP contribution in [-0.4, -0.2) is 53.4 Å². The normalized spacial score (nSPS) is 15.0. The predicted molar refractivity (Wildman–Crippen MR) is 107 cm³/mol. The quantitative estimate of drug-likeness (QED) is 0.539. The van der Waals surface area contributed by atoms with Crippen LogP contribution in [0.1, 0.15) is 29.2 Å². The Morgan fingerprint density at radius 1 is 0.966 bits per heavy atom. The van der Waals surface area contributed by atoms with E-state index in [0.717, 1.165) is 29.7 Å². The fraction of sp³-hybridized carbons (Fsp3) is 0.238. The minimum Gasteiger partial charge on any atom is -0.338 e. The maximum atomic E-state index is 12.7. The average Bonchev–Trinajstić information content (AvgIpc) is 3.23. The van der Waals surface area contributed by atoms with Crippen molar-refractivity contribution in [3.05, 3.63) is 67.1 Å². The van der Waals surface area contributed by atoms with Crippen LogP contribution >= 0.6 is 0 Å². The molecule has 5 heterocycles. The van der Waals surface area contributed by atoms with E-state index in [1.807, 2.05) is 23.4 Å². The van der Waals surface area contributed by atoms with Crippen LogP contribution in [0.4, 0.5) is 0 Å². The van der Waals surface area contributed by atoms with E-state index in [1.165, 1.54) is 0 Å². The lowest BCUT2D eigenvalue weighted by molar-refractivity contribution is 0.0695.